The smallest absolute Gasteiger partial charge is 0.294 e. The van der Waals surface area contributed by atoms with Crippen molar-refractivity contribution >= 4 is 21.9 Å². The van der Waals surface area contributed by atoms with Gasteiger partial charge in [-0.3, -0.25) is 19.3 Å². The number of hydroxylamine groups is 1. The molecule has 1 atom stereocenters. The van der Waals surface area contributed by atoms with Gasteiger partial charge in [-0.2, -0.15) is 8.42 Å². The van der Waals surface area contributed by atoms with E-state index >= 15 is 0 Å². The van der Waals surface area contributed by atoms with Crippen LogP contribution in [0.1, 0.15) is 53.6 Å². The van der Waals surface area contributed by atoms with E-state index in [-0.39, 0.29) is 17.9 Å². The number of nitrogens with zero attached hydrogens (tertiary/aromatic N) is 2. The summed E-state index contributed by atoms with van der Waals surface area (Å²) in [5.41, 5.74) is 3.54. The molecule has 0 aliphatic heterocycles. The Bertz CT molecular complexity index is 1270. The summed E-state index contributed by atoms with van der Waals surface area (Å²) in [5.74, 6) is -0.340. The number of nitrogens with one attached hydrogen (secondary N) is 2. The second kappa shape index (κ2) is 12.4. The standard InChI is InChI=1S/C25H30N4O6S/c1-2-3-9-23-26-16-22(29(23)17-19-10-12-21(13-11-19)36(33,34)35)25(31)27-20(15-24(30)28-32)14-18-7-5-4-6-8-18/h4-8,10-13,16,20,32H,2-3,9,14-15,17H2,1H3,(H,27,31)(H,28,30)(H,33,34,35). The van der Waals surface area contributed by atoms with Crippen molar-refractivity contribution in [3.05, 3.63) is 83.4 Å². The third kappa shape index (κ3) is 7.48. The molecule has 1 aromatic heterocycles. The highest BCUT2D eigenvalue weighted by atomic mass is 32.2. The topological polar surface area (TPSA) is 151 Å². The molecular weight excluding hydrogens is 484 g/mol. The van der Waals surface area contributed by atoms with Gasteiger partial charge in [0.2, 0.25) is 5.91 Å². The third-order valence-corrected chi connectivity index (χ3v) is 6.57. The van der Waals surface area contributed by atoms with E-state index < -0.39 is 28.0 Å². The number of carbonyl (C=O) groups excluding carboxylic acids is 2. The maximum absolute atomic E-state index is 13.3. The summed E-state index contributed by atoms with van der Waals surface area (Å²) in [4.78, 5) is 29.4. The lowest BCUT2D eigenvalue weighted by molar-refractivity contribution is -0.129. The van der Waals surface area contributed by atoms with Crippen LogP contribution in [0.25, 0.3) is 0 Å². The number of carbonyl (C=O) groups is 2. The summed E-state index contributed by atoms with van der Waals surface area (Å²) in [6.07, 6.45) is 4.20. The number of rotatable bonds is 12. The van der Waals surface area contributed by atoms with E-state index in [2.05, 4.69) is 17.2 Å². The Labute approximate surface area is 210 Å². The molecule has 10 nitrogen and oxygen atoms in total. The maximum atomic E-state index is 13.3. The minimum atomic E-state index is -4.31. The summed E-state index contributed by atoms with van der Waals surface area (Å²) < 4.78 is 33.7. The molecule has 11 heteroatoms. The van der Waals surface area contributed by atoms with E-state index in [4.69, 9.17) is 5.21 Å². The van der Waals surface area contributed by atoms with E-state index in [0.29, 0.717) is 29.9 Å². The van der Waals surface area contributed by atoms with Crippen LogP contribution in [0.5, 0.6) is 0 Å². The van der Waals surface area contributed by atoms with Gasteiger partial charge < -0.3 is 9.88 Å². The van der Waals surface area contributed by atoms with Gasteiger partial charge in [-0.25, -0.2) is 10.5 Å². The highest BCUT2D eigenvalue weighted by Crippen LogP contribution is 2.16. The minimum Gasteiger partial charge on any atom is -0.347 e. The van der Waals surface area contributed by atoms with Crippen LogP contribution < -0.4 is 10.8 Å². The fourth-order valence-corrected chi connectivity index (χ4v) is 4.34. The Morgan fingerprint density at radius 3 is 2.36 bits per heavy atom. The van der Waals surface area contributed by atoms with Gasteiger partial charge in [0.15, 0.2) is 0 Å². The zero-order valence-corrected chi connectivity index (χ0v) is 20.7. The minimum absolute atomic E-state index is 0.120. The summed E-state index contributed by atoms with van der Waals surface area (Å²) in [6, 6.07) is 14.5. The Kier molecular flexibility index (Phi) is 9.34. The van der Waals surface area contributed by atoms with Gasteiger partial charge in [0.1, 0.15) is 11.5 Å². The fourth-order valence-electron chi connectivity index (χ4n) is 3.86. The Hall–Kier alpha value is -3.54. The summed E-state index contributed by atoms with van der Waals surface area (Å²) in [7, 11) is -4.31. The van der Waals surface area contributed by atoms with Gasteiger partial charge in [-0.1, -0.05) is 55.8 Å². The second-order valence-corrected chi connectivity index (χ2v) is 9.89. The SMILES string of the molecule is CCCCc1ncc(C(=O)NC(CC(=O)NO)Cc2ccccc2)n1Cc1ccc(S(=O)(=O)O)cc1. The maximum Gasteiger partial charge on any atom is 0.294 e. The van der Waals surface area contributed by atoms with Crippen molar-refractivity contribution in [2.24, 2.45) is 0 Å². The van der Waals surface area contributed by atoms with Crippen LogP contribution in [0.4, 0.5) is 0 Å². The summed E-state index contributed by atoms with van der Waals surface area (Å²) in [6.45, 7) is 2.31. The molecule has 1 heterocycles. The van der Waals surface area contributed by atoms with Crippen LogP contribution in [0.15, 0.2) is 65.7 Å². The first-order valence-electron chi connectivity index (χ1n) is 11.6. The monoisotopic (exact) mass is 514 g/mol. The van der Waals surface area contributed by atoms with Crippen molar-refractivity contribution < 1.29 is 27.8 Å². The Morgan fingerprint density at radius 2 is 1.75 bits per heavy atom. The molecule has 0 fully saturated rings. The Morgan fingerprint density at radius 1 is 1.06 bits per heavy atom. The first-order valence-corrected chi connectivity index (χ1v) is 13.0. The molecule has 3 aromatic rings. The molecule has 0 aliphatic carbocycles. The van der Waals surface area contributed by atoms with Crippen LogP contribution in [0, 0.1) is 0 Å². The summed E-state index contributed by atoms with van der Waals surface area (Å²) in [5, 5.41) is 11.9. The van der Waals surface area contributed by atoms with Crippen LogP contribution in [0.3, 0.4) is 0 Å². The first kappa shape index (κ1) is 27.1. The van der Waals surface area contributed by atoms with Crippen molar-refractivity contribution in [1.29, 1.82) is 0 Å². The fraction of sp³-hybridized carbons (Fsp3) is 0.320. The molecule has 0 aliphatic rings. The van der Waals surface area contributed by atoms with Gasteiger partial charge >= 0.3 is 0 Å². The van der Waals surface area contributed by atoms with E-state index in [1.807, 2.05) is 30.3 Å². The van der Waals surface area contributed by atoms with E-state index in [9.17, 15) is 22.6 Å². The molecule has 36 heavy (non-hydrogen) atoms. The summed E-state index contributed by atoms with van der Waals surface area (Å²) >= 11 is 0. The van der Waals surface area contributed by atoms with Crippen LogP contribution in [0.2, 0.25) is 0 Å². The van der Waals surface area contributed by atoms with Crippen molar-refractivity contribution in [2.45, 2.75) is 56.5 Å². The van der Waals surface area contributed by atoms with Crippen LogP contribution >= 0.6 is 0 Å². The van der Waals surface area contributed by atoms with E-state index in [1.165, 1.54) is 18.3 Å². The number of benzene rings is 2. The third-order valence-electron chi connectivity index (χ3n) is 5.70. The molecule has 2 aromatic carbocycles. The highest BCUT2D eigenvalue weighted by molar-refractivity contribution is 7.85. The molecule has 0 saturated heterocycles. The van der Waals surface area contributed by atoms with E-state index in [1.54, 1.807) is 22.2 Å². The average Bonchev–Trinajstić information content (AvgIpc) is 3.25. The van der Waals surface area contributed by atoms with Crippen molar-refractivity contribution in [2.75, 3.05) is 0 Å². The lowest BCUT2D eigenvalue weighted by Crippen LogP contribution is -2.41. The molecule has 2 amide bonds. The molecule has 0 saturated carbocycles. The number of aryl methyl sites for hydroxylation is 1. The van der Waals surface area contributed by atoms with Crippen molar-refractivity contribution in [3.63, 3.8) is 0 Å². The van der Waals surface area contributed by atoms with Gasteiger partial charge in [0.25, 0.3) is 16.0 Å². The van der Waals surface area contributed by atoms with Crippen LogP contribution in [-0.2, 0) is 34.3 Å². The van der Waals surface area contributed by atoms with Crippen molar-refractivity contribution in [3.8, 4) is 0 Å². The largest absolute Gasteiger partial charge is 0.347 e. The second-order valence-electron chi connectivity index (χ2n) is 8.47. The molecule has 0 spiro atoms. The average molecular weight is 515 g/mol. The predicted octanol–water partition coefficient (Wildman–Crippen LogP) is 2.76. The molecule has 0 radical (unpaired) electrons. The Balaban J connectivity index is 1.86. The zero-order chi connectivity index (χ0) is 26.1. The number of hydrogen-bond acceptors (Lipinski definition) is 6. The lowest BCUT2D eigenvalue weighted by atomic mass is 10.0. The molecule has 0 bridgehead atoms. The van der Waals surface area contributed by atoms with Crippen LogP contribution in [-0.4, -0.2) is 45.6 Å². The highest BCUT2D eigenvalue weighted by Gasteiger charge is 2.22. The quantitative estimate of drug-likeness (QED) is 0.165. The molecule has 1 unspecified atom stereocenters. The zero-order valence-electron chi connectivity index (χ0n) is 19.9. The number of aromatic nitrogens is 2. The number of unbranched alkanes of at least 4 members (excludes halogenated alkanes) is 1. The predicted molar refractivity (Wildman–Crippen MR) is 132 cm³/mol. The number of amides is 2. The molecular formula is C25H30N4O6S. The molecule has 192 valence electrons. The van der Waals surface area contributed by atoms with E-state index in [0.717, 1.165) is 18.4 Å². The molecule has 4 N–H and O–H groups in total. The first-order chi connectivity index (χ1) is 17.2. The number of hydrogen-bond donors (Lipinski definition) is 4. The van der Waals surface area contributed by atoms with Gasteiger partial charge in [-0.15, -0.1) is 0 Å². The lowest BCUT2D eigenvalue weighted by Gasteiger charge is -2.19. The number of imidazole rings is 1. The molecule has 3 rings (SSSR count). The normalized spacial score (nSPS) is 12.2. The van der Waals surface area contributed by atoms with Gasteiger partial charge in [0, 0.05) is 25.4 Å². The van der Waals surface area contributed by atoms with Crippen molar-refractivity contribution in [1.82, 2.24) is 20.3 Å². The van der Waals surface area contributed by atoms with Gasteiger partial charge in [-0.05, 0) is 36.1 Å². The van der Waals surface area contributed by atoms with Gasteiger partial charge in [0.05, 0.1) is 11.1 Å².